The highest BCUT2D eigenvalue weighted by molar-refractivity contribution is 7.11. The standard InChI is InChI=1S/C15H19N3OS2/c1-9-12(8-20-17-9)15(19)18(3)7-11-5-4-6-13-14(11)16-10(2)21-13/h8,11H,4-7H2,1-3H3/t11-/m0/s1. The van der Waals surface area contributed by atoms with Crippen LogP contribution in [0.1, 0.15) is 50.4 Å². The summed E-state index contributed by atoms with van der Waals surface area (Å²) < 4.78 is 4.19. The van der Waals surface area contributed by atoms with Crippen LogP contribution in [-0.2, 0) is 6.42 Å². The summed E-state index contributed by atoms with van der Waals surface area (Å²) in [5, 5.41) is 2.98. The maximum atomic E-state index is 12.5. The molecule has 0 saturated heterocycles. The number of thiazole rings is 1. The molecule has 0 aliphatic heterocycles. The van der Waals surface area contributed by atoms with E-state index in [0.717, 1.165) is 35.7 Å². The molecule has 0 N–H and O–H groups in total. The van der Waals surface area contributed by atoms with E-state index in [4.69, 9.17) is 4.98 Å². The number of amides is 1. The molecule has 1 amide bonds. The van der Waals surface area contributed by atoms with Crippen molar-refractivity contribution in [2.45, 2.75) is 39.0 Å². The van der Waals surface area contributed by atoms with Gasteiger partial charge in [-0.25, -0.2) is 4.98 Å². The molecule has 0 aromatic carbocycles. The number of fused-ring (bicyclic) bond motifs is 1. The topological polar surface area (TPSA) is 46.1 Å². The van der Waals surface area contributed by atoms with Gasteiger partial charge in [0.1, 0.15) is 0 Å². The Morgan fingerprint density at radius 2 is 2.29 bits per heavy atom. The van der Waals surface area contributed by atoms with Crippen LogP contribution in [0.15, 0.2) is 5.38 Å². The predicted octanol–water partition coefficient (Wildman–Crippen LogP) is 3.41. The van der Waals surface area contributed by atoms with Crippen molar-refractivity contribution < 1.29 is 4.79 Å². The molecule has 2 heterocycles. The Hall–Kier alpha value is -1.27. The molecule has 6 heteroatoms. The number of likely N-dealkylation sites (N-methyl/N-ethyl adjacent to an activating group) is 1. The molecule has 21 heavy (non-hydrogen) atoms. The number of rotatable bonds is 3. The Kier molecular flexibility index (Phi) is 4.08. The van der Waals surface area contributed by atoms with Crippen molar-refractivity contribution in [2.75, 3.05) is 13.6 Å². The molecule has 2 aromatic rings. The lowest BCUT2D eigenvalue weighted by Gasteiger charge is -2.26. The van der Waals surface area contributed by atoms with E-state index in [-0.39, 0.29) is 5.91 Å². The van der Waals surface area contributed by atoms with Crippen LogP contribution in [0.4, 0.5) is 0 Å². The zero-order chi connectivity index (χ0) is 15.0. The summed E-state index contributed by atoms with van der Waals surface area (Å²) in [6.45, 7) is 4.69. The van der Waals surface area contributed by atoms with Crippen LogP contribution in [-0.4, -0.2) is 33.8 Å². The lowest BCUT2D eigenvalue weighted by atomic mass is 9.90. The Balaban J connectivity index is 1.75. The number of hydrogen-bond donors (Lipinski definition) is 0. The summed E-state index contributed by atoms with van der Waals surface area (Å²) in [6, 6.07) is 0. The van der Waals surface area contributed by atoms with Crippen LogP contribution in [0.25, 0.3) is 0 Å². The Bertz CT molecular complexity index is 662. The number of hydrogen-bond acceptors (Lipinski definition) is 5. The van der Waals surface area contributed by atoms with E-state index >= 15 is 0 Å². The quantitative estimate of drug-likeness (QED) is 0.870. The summed E-state index contributed by atoms with van der Waals surface area (Å²) >= 11 is 3.15. The molecular weight excluding hydrogens is 302 g/mol. The first-order valence-corrected chi connectivity index (χ1v) is 8.84. The van der Waals surface area contributed by atoms with Crippen LogP contribution >= 0.6 is 22.9 Å². The zero-order valence-corrected chi connectivity index (χ0v) is 14.2. The van der Waals surface area contributed by atoms with Gasteiger partial charge >= 0.3 is 0 Å². The number of nitrogens with zero attached hydrogens (tertiary/aromatic N) is 3. The van der Waals surface area contributed by atoms with E-state index in [1.165, 1.54) is 28.5 Å². The molecule has 1 aliphatic carbocycles. The first kappa shape index (κ1) is 14.7. The lowest BCUT2D eigenvalue weighted by molar-refractivity contribution is 0.0782. The maximum Gasteiger partial charge on any atom is 0.256 e. The molecule has 3 rings (SSSR count). The fourth-order valence-corrected chi connectivity index (χ4v) is 4.67. The van der Waals surface area contributed by atoms with Gasteiger partial charge in [-0.3, -0.25) is 4.79 Å². The van der Waals surface area contributed by atoms with Gasteiger partial charge in [0, 0.05) is 29.8 Å². The van der Waals surface area contributed by atoms with E-state index < -0.39 is 0 Å². The normalized spacial score (nSPS) is 17.6. The maximum absolute atomic E-state index is 12.5. The zero-order valence-electron chi connectivity index (χ0n) is 12.5. The minimum atomic E-state index is 0.0697. The van der Waals surface area contributed by atoms with Crippen LogP contribution in [0.5, 0.6) is 0 Å². The van der Waals surface area contributed by atoms with Gasteiger partial charge in [0.25, 0.3) is 5.91 Å². The van der Waals surface area contributed by atoms with Crippen LogP contribution in [0.2, 0.25) is 0 Å². The molecule has 0 unspecified atom stereocenters. The summed E-state index contributed by atoms with van der Waals surface area (Å²) in [7, 11) is 1.88. The molecule has 2 aromatic heterocycles. The van der Waals surface area contributed by atoms with Crippen LogP contribution in [0, 0.1) is 13.8 Å². The van der Waals surface area contributed by atoms with Gasteiger partial charge in [-0.05, 0) is 44.6 Å². The molecule has 1 aliphatic rings. The Labute approximate surface area is 133 Å². The second-order valence-corrected chi connectivity index (χ2v) is 7.55. The average molecular weight is 321 g/mol. The minimum Gasteiger partial charge on any atom is -0.341 e. The van der Waals surface area contributed by atoms with Crippen molar-refractivity contribution in [3.63, 3.8) is 0 Å². The molecule has 0 radical (unpaired) electrons. The first-order valence-electron chi connectivity index (χ1n) is 7.19. The highest BCUT2D eigenvalue weighted by Gasteiger charge is 2.27. The molecule has 112 valence electrons. The second kappa shape index (κ2) is 5.85. The number of carbonyl (C=O) groups excluding carboxylic acids is 1. The van der Waals surface area contributed by atoms with Crippen molar-refractivity contribution in [3.05, 3.63) is 32.2 Å². The summed E-state index contributed by atoms with van der Waals surface area (Å²) in [5.74, 6) is 0.444. The highest BCUT2D eigenvalue weighted by Crippen LogP contribution is 2.35. The fourth-order valence-electron chi connectivity index (χ4n) is 2.92. The fraction of sp³-hybridized carbons (Fsp3) is 0.533. The number of aromatic nitrogens is 2. The van der Waals surface area contributed by atoms with E-state index in [1.807, 2.05) is 24.3 Å². The van der Waals surface area contributed by atoms with Gasteiger partial charge in [-0.1, -0.05) is 0 Å². The van der Waals surface area contributed by atoms with Crippen molar-refractivity contribution in [3.8, 4) is 0 Å². The molecule has 0 saturated carbocycles. The SMILES string of the molecule is Cc1nc2c(s1)CCC[C@H]2CN(C)C(=O)c1csnc1C. The third-order valence-corrected chi connectivity index (χ3v) is 5.77. The van der Waals surface area contributed by atoms with Crippen molar-refractivity contribution in [1.29, 1.82) is 0 Å². The Morgan fingerprint density at radius 1 is 1.48 bits per heavy atom. The monoisotopic (exact) mass is 321 g/mol. The second-order valence-electron chi connectivity index (χ2n) is 5.63. The van der Waals surface area contributed by atoms with Crippen LogP contribution < -0.4 is 0 Å². The molecule has 4 nitrogen and oxygen atoms in total. The van der Waals surface area contributed by atoms with Crippen molar-refractivity contribution in [1.82, 2.24) is 14.3 Å². The van der Waals surface area contributed by atoms with Gasteiger partial charge in [-0.2, -0.15) is 4.37 Å². The van der Waals surface area contributed by atoms with Crippen molar-refractivity contribution in [2.24, 2.45) is 0 Å². The predicted molar refractivity (Wildman–Crippen MR) is 86.3 cm³/mol. The van der Waals surface area contributed by atoms with Crippen molar-refractivity contribution >= 4 is 28.8 Å². The minimum absolute atomic E-state index is 0.0697. The number of carbonyl (C=O) groups is 1. The molecule has 0 spiro atoms. The van der Waals surface area contributed by atoms with E-state index in [2.05, 4.69) is 11.3 Å². The van der Waals surface area contributed by atoms with Gasteiger partial charge in [0.15, 0.2) is 0 Å². The van der Waals surface area contributed by atoms with Gasteiger partial charge in [0.2, 0.25) is 0 Å². The first-order chi connectivity index (χ1) is 10.1. The highest BCUT2D eigenvalue weighted by atomic mass is 32.1. The third kappa shape index (κ3) is 2.87. The lowest BCUT2D eigenvalue weighted by Crippen LogP contribution is -2.32. The smallest absolute Gasteiger partial charge is 0.256 e. The van der Waals surface area contributed by atoms with Crippen LogP contribution in [0.3, 0.4) is 0 Å². The average Bonchev–Trinajstić information content (AvgIpc) is 3.03. The largest absolute Gasteiger partial charge is 0.341 e. The molecular formula is C15H19N3OS2. The van der Waals surface area contributed by atoms with E-state index in [9.17, 15) is 4.79 Å². The Morgan fingerprint density at radius 3 is 3.00 bits per heavy atom. The van der Waals surface area contributed by atoms with E-state index in [1.54, 1.807) is 11.3 Å². The van der Waals surface area contributed by atoms with Gasteiger partial charge in [0.05, 0.1) is 22.0 Å². The summed E-state index contributed by atoms with van der Waals surface area (Å²) in [6.07, 6.45) is 3.46. The van der Waals surface area contributed by atoms with E-state index in [0.29, 0.717) is 5.92 Å². The summed E-state index contributed by atoms with van der Waals surface area (Å²) in [4.78, 5) is 20.4. The number of aryl methyl sites for hydroxylation is 3. The molecule has 0 fully saturated rings. The third-order valence-electron chi connectivity index (χ3n) is 4.00. The van der Waals surface area contributed by atoms with Gasteiger partial charge in [-0.15, -0.1) is 11.3 Å². The summed E-state index contributed by atoms with van der Waals surface area (Å²) in [5.41, 5.74) is 2.78. The van der Waals surface area contributed by atoms with Gasteiger partial charge < -0.3 is 4.90 Å². The molecule has 1 atom stereocenters. The molecule has 0 bridgehead atoms.